The molecule has 284 valence electrons. The molecule has 1 unspecified atom stereocenters. The van der Waals surface area contributed by atoms with Crippen LogP contribution < -0.4 is 9.47 Å². The van der Waals surface area contributed by atoms with Gasteiger partial charge in [-0.1, -0.05) is 66.8 Å². The van der Waals surface area contributed by atoms with Crippen LogP contribution in [0.15, 0.2) is 108 Å². The van der Waals surface area contributed by atoms with E-state index in [9.17, 15) is 5.26 Å². The molecule has 12 heteroatoms. The maximum atomic E-state index is 9.35. The van der Waals surface area contributed by atoms with E-state index in [1.54, 1.807) is 20.5 Å². The zero-order valence-electron chi connectivity index (χ0n) is 31.6. The molecule has 54 heavy (non-hydrogen) atoms. The van der Waals surface area contributed by atoms with Gasteiger partial charge in [0.25, 0.3) is 8.53 Å². The third kappa shape index (κ3) is 8.41. The van der Waals surface area contributed by atoms with Crippen molar-refractivity contribution in [3.05, 3.63) is 125 Å². The molecular weight excluding hydrogens is 722 g/mol. The van der Waals surface area contributed by atoms with E-state index in [0.29, 0.717) is 16.6 Å². The van der Waals surface area contributed by atoms with Gasteiger partial charge in [0.15, 0.2) is 0 Å². The second-order valence-electron chi connectivity index (χ2n) is 13.6. The van der Waals surface area contributed by atoms with Crippen LogP contribution in [0.2, 0.25) is 0 Å². The highest BCUT2D eigenvalue weighted by Crippen LogP contribution is 2.51. The van der Waals surface area contributed by atoms with Gasteiger partial charge in [-0.2, -0.15) is 5.26 Å². The lowest BCUT2D eigenvalue weighted by molar-refractivity contribution is -0.0920. The average Bonchev–Trinajstić information content (AvgIpc) is 3.83. The number of furan rings is 1. The third-order valence-electron chi connectivity index (χ3n) is 9.56. The maximum Gasteiger partial charge on any atom is 0.259 e. The van der Waals surface area contributed by atoms with Gasteiger partial charge in [0.1, 0.15) is 39.7 Å². The van der Waals surface area contributed by atoms with Crippen molar-refractivity contribution in [3.63, 3.8) is 0 Å². The molecule has 3 aromatic carbocycles. The normalized spacial score (nSPS) is 18.0. The van der Waals surface area contributed by atoms with Crippen LogP contribution in [-0.2, 0) is 24.1 Å². The van der Waals surface area contributed by atoms with Gasteiger partial charge in [0.05, 0.1) is 57.7 Å². The minimum Gasteiger partial charge on any atom is -0.497 e. The number of methoxy groups -OCH3 is 2. The van der Waals surface area contributed by atoms with Crippen molar-refractivity contribution in [2.24, 2.45) is 0 Å². The number of nitriles is 1. The lowest BCUT2D eigenvalue weighted by Gasteiger charge is -2.39. The Balaban J connectivity index is 1.43. The van der Waals surface area contributed by atoms with Gasteiger partial charge in [-0.15, -0.1) is 0 Å². The maximum absolute atomic E-state index is 9.35. The van der Waals surface area contributed by atoms with Gasteiger partial charge in [-0.05, 0) is 80.8 Å². The number of rotatable bonds is 17. The van der Waals surface area contributed by atoms with Crippen molar-refractivity contribution in [1.82, 2.24) is 9.24 Å². The summed E-state index contributed by atoms with van der Waals surface area (Å²) in [5.74, 6) is 1.48. The monoisotopic (exact) mass is 769 g/mol. The summed E-state index contributed by atoms with van der Waals surface area (Å²) < 4.78 is 49.2. The number of hydrogen-bond acceptors (Lipinski definition) is 10. The van der Waals surface area contributed by atoms with Gasteiger partial charge in [-0.3, -0.25) is 0 Å². The van der Waals surface area contributed by atoms with Gasteiger partial charge in [0, 0.05) is 24.7 Å². The number of fused-ring (bicyclic) bond motifs is 1. The Morgan fingerprint density at radius 2 is 1.50 bits per heavy atom. The summed E-state index contributed by atoms with van der Waals surface area (Å²) in [6, 6.07) is 32.3. The standard InChI is InChI=1S/C42H48N3O7PS/c1-29(2)45(30(3)4)53(50-25-10-23-43)52-38-27-40(44-24-21-37-36(41(44)54)22-26-48-37)51-39(38)28-49-42(31-11-8-7-9-12-31,32-13-17-34(46-5)18-14-32)33-15-19-35(47-6)20-16-33/h7-9,11-22,24,26,29-30,38-40H,10,25,27-28H2,1-6H3/t38-,39+,40+,53?/m0/s1. The van der Waals surface area contributed by atoms with E-state index >= 15 is 0 Å². The molecule has 1 saturated heterocycles. The molecule has 6 rings (SSSR count). The Morgan fingerprint density at radius 1 is 0.889 bits per heavy atom. The predicted molar refractivity (Wildman–Crippen MR) is 212 cm³/mol. The van der Waals surface area contributed by atoms with Gasteiger partial charge < -0.3 is 37.0 Å². The summed E-state index contributed by atoms with van der Waals surface area (Å²) in [5, 5.41) is 10.2. The van der Waals surface area contributed by atoms with Crippen LogP contribution in [0.1, 0.15) is 63.5 Å². The molecule has 5 aromatic rings. The van der Waals surface area contributed by atoms with Crippen molar-refractivity contribution in [3.8, 4) is 17.6 Å². The van der Waals surface area contributed by atoms with Crippen molar-refractivity contribution >= 4 is 31.7 Å². The summed E-state index contributed by atoms with van der Waals surface area (Å²) in [7, 11) is 1.73. The molecule has 0 bridgehead atoms. The van der Waals surface area contributed by atoms with Crippen LogP contribution in [-0.4, -0.2) is 61.0 Å². The fourth-order valence-electron chi connectivity index (χ4n) is 7.03. The Bertz CT molecular complexity index is 1990. The molecule has 1 fully saturated rings. The van der Waals surface area contributed by atoms with E-state index in [0.717, 1.165) is 33.6 Å². The summed E-state index contributed by atoms with van der Waals surface area (Å²) in [6.07, 6.45) is 2.84. The number of nitrogens with zero attached hydrogens (tertiary/aromatic N) is 3. The molecule has 0 N–H and O–H groups in total. The molecule has 0 spiro atoms. The first-order valence-corrected chi connectivity index (χ1v) is 19.7. The summed E-state index contributed by atoms with van der Waals surface area (Å²) >= 11 is 5.96. The zero-order valence-corrected chi connectivity index (χ0v) is 33.3. The number of hydrogen-bond donors (Lipinski definition) is 0. The molecule has 1 aliphatic heterocycles. The minimum atomic E-state index is -1.58. The highest BCUT2D eigenvalue weighted by atomic mass is 32.1. The highest BCUT2D eigenvalue weighted by molar-refractivity contribution is 7.71. The second-order valence-corrected chi connectivity index (χ2v) is 15.4. The first-order valence-electron chi connectivity index (χ1n) is 18.2. The topological polar surface area (TPSA) is 100 Å². The molecule has 2 aromatic heterocycles. The van der Waals surface area contributed by atoms with Gasteiger partial charge in [-0.25, -0.2) is 4.67 Å². The second kappa shape index (κ2) is 18.0. The van der Waals surface area contributed by atoms with E-state index in [4.69, 9.17) is 44.6 Å². The lowest BCUT2D eigenvalue weighted by Crippen LogP contribution is -2.39. The smallest absolute Gasteiger partial charge is 0.259 e. The van der Waals surface area contributed by atoms with Gasteiger partial charge >= 0.3 is 0 Å². The van der Waals surface area contributed by atoms with Crippen LogP contribution in [0.5, 0.6) is 11.5 Å². The lowest BCUT2D eigenvalue weighted by atomic mass is 9.80. The fourth-order valence-corrected chi connectivity index (χ4v) is 9.14. The SMILES string of the molecule is COc1ccc(C(OC[C@H]2O[C@@H](n3ccc4occc4c3=S)C[C@@H]2OP(OCCC#N)N(C(C)C)C(C)C)(c2ccccc2)c2ccc(OC)cc2)cc1. The summed E-state index contributed by atoms with van der Waals surface area (Å²) in [5.41, 5.74) is 2.41. The first kappa shape index (κ1) is 39.6. The van der Waals surface area contributed by atoms with E-state index < -0.39 is 32.6 Å². The quantitative estimate of drug-likeness (QED) is 0.0393. The highest BCUT2D eigenvalue weighted by Gasteiger charge is 2.45. The average molecular weight is 770 g/mol. The van der Waals surface area contributed by atoms with Crippen LogP contribution >= 0.6 is 20.7 Å². The summed E-state index contributed by atoms with van der Waals surface area (Å²) in [4.78, 5) is 0. The van der Waals surface area contributed by atoms with Crippen molar-refractivity contribution in [2.75, 3.05) is 27.4 Å². The molecule has 0 amide bonds. The van der Waals surface area contributed by atoms with E-state index in [1.165, 1.54) is 0 Å². The Labute approximate surface area is 324 Å². The Kier molecular flexibility index (Phi) is 13.2. The molecule has 1 aliphatic rings. The molecule has 0 aliphatic carbocycles. The van der Waals surface area contributed by atoms with E-state index in [1.807, 2.05) is 89.6 Å². The largest absolute Gasteiger partial charge is 0.497 e. The van der Waals surface area contributed by atoms with Crippen molar-refractivity contribution in [1.29, 1.82) is 5.26 Å². The Morgan fingerprint density at radius 3 is 2.07 bits per heavy atom. The third-order valence-corrected chi connectivity index (χ3v) is 12.1. The molecule has 10 nitrogen and oxygen atoms in total. The Hall–Kier alpha value is -4.11. The van der Waals surface area contributed by atoms with Crippen LogP contribution in [0, 0.1) is 16.0 Å². The van der Waals surface area contributed by atoms with Crippen molar-refractivity contribution in [2.45, 2.75) is 76.7 Å². The number of aromatic nitrogens is 1. The van der Waals surface area contributed by atoms with E-state index in [2.05, 4.69) is 50.6 Å². The molecule has 0 radical (unpaired) electrons. The number of benzene rings is 3. The van der Waals surface area contributed by atoms with Crippen molar-refractivity contribution < 1.29 is 32.4 Å². The van der Waals surface area contributed by atoms with Crippen LogP contribution in [0.3, 0.4) is 0 Å². The molecule has 0 saturated carbocycles. The molecular formula is C42H48N3O7PS. The summed E-state index contributed by atoms with van der Waals surface area (Å²) in [6.45, 7) is 8.90. The number of ether oxygens (including phenoxy) is 4. The first-order chi connectivity index (χ1) is 26.2. The minimum absolute atomic E-state index is 0.124. The molecule has 4 atom stereocenters. The van der Waals surface area contributed by atoms with E-state index in [-0.39, 0.29) is 31.7 Å². The zero-order chi connectivity index (χ0) is 38.2. The van der Waals surface area contributed by atoms with Gasteiger partial charge in [0.2, 0.25) is 0 Å². The molecule has 3 heterocycles. The fraction of sp³-hybridized carbons (Fsp3) is 0.381. The van der Waals surface area contributed by atoms with Crippen LogP contribution in [0.25, 0.3) is 11.0 Å². The predicted octanol–water partition coefficient (Wildman–Crippen LogP) is 9.94. The number of pyridine rings is 1. The van der Waals surface area contributed by atoms with Crippen LogP contribution in [0.4, 0.5) is 0 Å².